The van der Waals surface area contributed by atoms with E-state index in [1.165, 1.54) is 0 Å². The Morgan fingerprint density at radius 3 is 2.54 bits per heavy atom. The molecule has 0 spiro atoms. The number of hydrogen-bond donors (Lipinski definition) is 1. The molecule has 6 heteroatoms. The lowest BCUT2D eigenvalue weighted by molar-refractivity contribution is 0.1000. The quantitative estimate of drug-likeness (QED) is 0.753. The van der Waals surface area contributed by atoms with Crippen molar-refractivity contribution in [3.63, 3.8) is 0 Å². The number of amides is 1. The Morgan fingerprint density at radius 1 is 1.17 bits per heavy atom. The highest BCUT2D eigenvalue weighted by atomic mass is 16.5. The zero-order valence-corrected chi connectivity index (χ0v) is 13.2. The lowest BCUT2D eigenvalue weighted by Crippen LogP contribution is -2.10. The molecule has 1 amide bonds. The summed E-state index contributed by atoms with van der Waals surface area (Å²) in [6.45, 7) is 1.82. The predicted molar refractivity (Wildman–Crippen MR) is 87.5 cm³/mol. The second-order valence-corrected chi connectivity index (χ2v) is 5.36. The van der Waals surface area contributed by atoms with E-state index in [0.29, 0.717) is 29.4 Å². The normalized spacial score (nSPS) is 11.9. The molecule has 6 nitrogen and oxygen atoms in total. The van der Waals surface area contributed by atoms with E-state index in [9.17, 15) is 4.79 Å². The molecule has 122 valence electrons. The summed E-state index contributed by atoms with van der Waals surface area (Å²) >= 11 is 0. The number of primary amides is 1. The Bertz CT molecular complexity index is 813. The second kappa shape index (κ2) is 6.95. The zero-order valence-electron chi connectivity index (χ0n) is 13.2. The van der Waals surface area contributed by atoms with Crippen LogP contribution in [0.25, 0.3) is 0 Å². The second-order valence-electron chi connectivity index (χ2n) is 5.36. The summed E-state index contributed by atoms with van der Waals surface area (Å²) < 4.78 is 11.0. The summed E-state index contributed by atoms with van der Waals surface area (Å²) in [5.41, 5.74) is 6.75. The molecule has 0 bridgehead atoms. The first-order valence-electron chi connectivity index (χ1n) is 7.55. The number of rotatable bonds is 6. The molecular formula is C18H17N3O3. The molecule has 1 atom stereocenters. The molecule has 1 aromatic heterocycles. The van der Waals surface area contributed by atoms with Crippen molar-refractivity contribution >= 4 is 5.91 Å². The SMILES string of the molecule is C[C@@H](Oc1ccc(C(N)=O)cc1)c1nc(Cc2ccccc2)no1. The van der Waals surface area contributed by atoms with E-state index < -0.39 is 12.0 Å². The maximum absolute atomic E-state index is 11.1. The standard InChI is InChI=1S/C18H17N3O3/c1-12(23-15-9-7-14(8-10-15)17(19)22)18-20-16(21-24-18)11-13-5-3-2-4-6-13/h2-10,12H,11H2,1H3,(H2,19,22)/t12-/m1/s1. The van der Waals surface area contributed by atoms with Gasteiger partial charge in [0.2, 0.25) is 5.91 Å². The summed E-state index contributed by atoms with van der Waals surface area (Å²) in [5, 5.41) is 3.98. The van der Waals surface area contributed by atoms with Crippen LogP contribution in [0.2, 0.25) is 0 Å². The first kappa shape index (κ1) is 15.7. The number of benzene rings is 2. The minimum Gasteiger partial charge on any atom is -0.481 e. The average molecular weight is 323 g/mol. The number of carbonyl (C=O) groups excluding carboxylic acids is 1. The fraction of sp³-hybridized carbons (Fsp3) is 0.167. The van der Waals surface area contributed by atoms with Crippen molar-refractivity contribution in [2.24, 2.45) is 5.73 Å². The summed E-state index contributed by atoms with van der Waals surface area (Å²) in [4.78, 5) is 15.4. The Hall–Kier alpha value is -3.15. The molecule has 24 heavy (non-hydrogen) atoms. The zero-order chi connectivity index (χ0) is 16.9. The van der Waals surface area contributed by atoms with Gasteiger partial charge in [-0.3, -0.25) is 4.79 Å². The van der Waals surface area contributed by atoms with Crippen molar-refractivity contribution < 1.29 is 14.1 Å². The third kappa shape index (κ3) is 3.78. The summed E-state index contributed by atoms with van der Waals surface area (Å²) in [7, 11) is 0. The number of nitrogens with zero attached hydrogens (tertiary/aromatic N) is 2. The van der Waals surface area contributed by atoms with Gasteiger partial charge >= 0.3 is 0 Å². The maximum Gasteiger partial charge on any atom is 0.267 e. The third-order valence-electron chi connectivity index (χ3n) is 3.49. The van der Waals surface area contributed by atoms with E-state index in [-0.39, 0.29) is 0 Å². The van der Waals surface area contributed by atoms with Crippen molar-refractivity contribution in [1.82, 2.24) is 10.1 Å². The maximum atomic E-state index is 11.1. The van der Waals surface area contributed by atoms with Crippen molar-refractivity contribution in [3.8, 4) is 5.75 Å². The number of hydrogen-bond acceptors (Lipinski definition) is 5. The first-order chi connectivity index (χ1) is 11.6. The molecule has 3 rings (SSSR count). The van der Waals surface area contributed by atoms with Gasteiger partial charge in [0.25, 0.3) is 5.89 Å². The Morgan fingerprint density at radius 2 is 1.88 bits per heavy atom. The molecule has 2 aromatic carbocycles. The van der Waals surface area contributed by atoms with Gasteiger partial charge in [-0.1, -0.05) is 35.5 Å². The molecular weight excluding hydrogens is 306 g/mol. The number of carbonyl (C=O) groups is 1. The van der Waals surface area contributed by atoms with Crippen LogP contribution in [0.4, 0.5) is 0 Å². The van der Waals surface area contributed by atoms with Crippen LogP contribution in [0.3, 0.4) is 0 Å². The fourth-order valence-corrected chi connectivity index (χ4v) is 2.24. The van der Waals surface area contributed by atoms with E-state index in [1.807, 2.05) is 37.3 Å². The van der Waals surface area contributed by atoms with E-state index in [0.717, 1.165) is 5.56 Å². The molecule has 0 saturated heterocycles. The predicted octanol–water partition coefficient (Wildman–Crippen LogP) is 2.90. The summed E-state index contributed by atoms with van der Waals surface area (Å²) in [5.74, 6) is 1.13. The molecule has 2 N–H and O–H groups in total. The van der Waals surface area contributed by atoms with Gasteiger partial charge in [0, 0.05) is 12.0 Å². The minimum absolute atomic E-state index is 0.401. The molecule has 0 aliphatic carbocycles. The molecule has 3 aromatic rings. The number of ether oxygens (including phenoxy) is 1. The molecule has 0 aliphatic heterocycles. The lowest BCUT2D eigenvalue weighted by Gasteiger charge is -2.10. The van der Waals surface area contributed by atoms with E-state index in [2.05, 4.69) is 10.1 Å². The summed E-state index contributed by atoms with van der Waals surface area (Å²) in [6, 6.07) is 16.5. The van der Waals surface area contributed by atoms with Crippen molar-refractivity contribution in [2.45, 2.75) is 19.4 Å². The van der Waals surface area contributed by atoms with Gasteiger partial charge in [0.05, 0.1) is 0 Å². The van der Waals surface area contributed by atoms with Crippen LogP contribution < -0.4 is 10.5 Å². The van der Waals surface area contributed by atoms with Gasteiger partial charge in [-0.05, 0) is 36.8 Å². The first-order valence-corrected chi connectivity index (χ1v) is 7.55. The monoisotopic (exact) mass is 323 g/mol. The van der Waals surface area contributed by atoms with Crippen molar-refractivity contribution in [1.29, 1.82) is 0 Å². The highest BCUT2D eigenvalue weighted by Gasteiger charge is 2.16. The van der Waals surface area contributed by atoms with Crippen LogP contribution in [-0.4, -0.2) is 16.0 Å². The highest BCUT2D eigenvalue weighted by Crippen LogP contribution is 2.21. The van der Waals surface area contributed by atoms with Gasteiger partial charge in [-0.2, -0.15) is 4.98 Å². The minimum atomic E-state index is -0.475. The Labute approximate surface area is 139 Å². The largest absolute Gasteiger partial charge is 0.481 e. The van der Waals surface area contributed by atoms with Gasteiger partial charge < -0.3 is 15.0 Å². The molecule has 1 heterocycles. The van der Waals surface area contributed by atoms with Gasteiger partial charge in [0.1, 0.15) is 5.75 Å². The molecule has 0 saturated carbocycles. The topological polar surface area (TPSA) is 91.2 Å². The van der Waals surface area contributed by atoms with Crippen LogP contribution >= 0.6 is 0 Å². The van der Waals surface area contributed by atoms with Crippen molar-refractivity contribution in [3.05, 3.63) is 77.4 Å². The third-order valence-corrected chi connectivity index (χ3v) is 3.49. The van der Waals surface area contributed by atoms with Gasteiger partial charge in [-0.25, -0.2) is 0 Å². The number of aromatic nitrogens is 2. The number of nitrogens with two attached hydrogens (primary N) is 1. The molecule has 0 unspecified atom stereocenters. The van der Waals surface area contributed by atoms with Crippen molar-refractivity contribution in [2.75, 3.05) is 0 Å². The van der Waals surface area contributed by atoms with Crippen LogP contribution in [0.5, 0.6) is 5.75 Å². The lowest BCUT2D eigenvalue weighted by atomic mass is 10.1. The van der Waals surface area contributed by atoms with Crippen LogP contribution in [0, 0.1) is 0 Å². The van der Waals surface area contributed by atoms with Crippen LogP contribution in [0.15, 0.2) is 59.1 Å². The van der Waals surface area contributed by atoms with E-state index in [1.54, 1.807) is 24.3 Å². The smallest absolute Gasteiger partial charge is 0.267 e. The highest BCUT2D eigenvalue weighted by molar-refractivity contribution is 5.92. The summed E-state index contributed by atoms with van der Waals surface area (Å²) in [6.07, 6.45) is 0.200. The van der Waals surface area contributed by atoms with E-state index in [4.69, 9.17) is 15.0 Å². The fourth-order valence-electron chi connectivity index (χ4n) is 2.24. The van der Waals surface area contributed by atoms with Crippen LogP contribution in [0.1, 0.15) is 40.7 Å². The van der Waals surface area contributed by atoms with Crippen LogP contribution in [-0.2, 0) is 6.42 Å². The van der Waals surface area contributed by atoms with Gasteiger partial charge in [0.15, 0.2) is 11.9 Å². The van der Waals surface area contributed by atoms with Gasteiger partial charge in [-0.15, -0.1) is 0 Å². The average Bonchev–Trinajstić information content (AvgIpc) is 3.05. The molecule has 0 radical (unpaired) electrons. The van der Waals surface area contributed by atoms with E-state index >= 15 is 0 Å². The Balaban J connectivity index is 1.65. The molecule has 0 fully saturated rings. The Kier molecular flexibility index (Phi) is 4.56. The molecule has 0 aliphatic rings.